The number of carbonyl (C=O) groups is 1. The monoisotopic (exact) mass is 394 g/mol. The number of hydrogen-bond donors (Lipinski definition) is 0. The molecule has 0 aliphatic carbocycles. The van der Waals surface area contributed by atoms with Crippen molar-refractivity contribution in [3.8, 4) is 6.07 Å². The smallest absolute Gasteiger partial charge is 0.248 e. The molecule has 1 aromatic carbocycles. The molecular formula is C23H30N4O2. The van der Waals surface area contributed by atoms with Gasteiger partial charge in [0.2, 0.25) is 5.91 Å². The second-order valence-electron chi connectivity index (χ2n) is 6.87. The Kier molecular flexibility index (Phi) is 9.13. The Labute approximate surface area is 173 Å². The van der Waals surface area contributed by atoms with Crippen molar-refractivity contribution in [3.63, 3.8) is 0 Å². The molecule has 0 spiro atoms. The number of amides is 1. The summed E-state index contributed by atoms with van der Waals surface area (Å²) >= 11 is 0. The first-order valence-electron chi connectivity index (χ1n) is 10.1. The SMILES string of the molecule is CCN(CC(C)N(CC)c1ccc(C#N)cn1)C(=O)COCCc1ccccc1. The van der Waals surface area contributed by atoms with Crippen LogP contribution in [0.5, 0.6) is 0 Å². The van der Waals surface area contributed by atoms with Crippen LogP contribution in [0.1, 0.15) is 31.9 Å². The molecule has 6 heteroatoms. The lowest BCUT2D eigenvalue weighted by Gasteiger charge is -2.33. The minimum Gasteiger partial charge on any atom is -0.371 e. The van der Waals surface area contributed by atoms with Crippen LogP contribution in [0.3, 0.4) is 0 Å². The number of carbonyl (C=O) groups excluding carboxylic acids is 1. The number of nitrogens with zero attached hydrogens (tertiary/aromatic N) is 4. The molecule has 29 heavy (non-hydrogen) atoms. The summed E-state index contributed by atoms with van der Waals surface area (Å²) in [5.41, 5.74) is 1.74. The first-order valence-corrected chi connectivity index (χ1v) is 10.1. The average molecular weight is 395 g/mol. The van der Waals surface area contributed by atoms with Crippen LogP contribution < -0.4 is 4.90 Å². The molecule has 1 heterocycles. The summed E-state index contributed by atoms with van der Waals surface area (Å²) < 4.78 is 5.61. The fourth-order valence-corrected chi connectivity index (χ4v) is 3.23. The van der Waals surface area contributed by atoms with Crippen LogP contribution >= 0.6 is 0 Å². The van der Waals surface area contributed by atoms with E-state index in [1.165, 1.54) is 5.56 Å². The van der Waals surface area contributed by atoms with Crippen LogP contribution in [0.2, 0.25) is 0 Å². The van der Waals surface area contributed by atoms with E-state index in [0.717, 1.165) is 18.8 Å². The van der Waals surface area contributed by atoms with Crippen molar-refractivity contribution in [2.75, 3.05) is 37.7 Å². The number of likely N-dealkylation sites (N-methyl/N-ethyl adjacent to an activating group) is 2. The summed E-state index contributed by atoms with van der Waals surface area (Å²) in [6.45, 7) is 8.71. The highest BCUT2D eigenvalue weighted by molar-refractivity contribution is 5.77. The van der Waals surface area contributed by atoms with Crippen molar-refractivity contribution in [2.24, 2.45) is 0 Å². The van der Waals surface area contributed by atoms with Gasteiger partial charge in [0.15, 0.2) is 0 Å². The van der Waals surface area contributed by atoms with Gasteiger partial charge in [-0.25, -0.2) is 4.98 Å². The van der Waals surface area contributed by atoms with Crippen LogP contribution in [0.15, 0.2) is 48.7 Å². The number of hydrogen-bond acceptors (Lipinski definition) is 5. The molecule has 1 unspecified atom stereocenters. The first kappa shape index (κ1) is 22.4. The quantitative estimate of drug-likeness (QED) is 0.547. The maximum atomic E-state index is 12.6. The second-order valence-corrected chi connectivity index (χ2v) is 6.87. The maximum absolute atomic E-state index is 12.6. The second kappa shape index (κ2) is 11.8. The summed E-state index contributed by atoms with van der Waals surface area (Å²) in [6.07, 6.45) is 2.37. The Morgan fingerprint density at radius 2 is 1.93 bits per heavy atom. The molecule has 0 saturated carbocycles. The average Bonchev–Trinajstić information content (AvgIpc) is 2.76. The Morgan fingerprint density at radius 1 is 1.17 bits per heavy atom. The van der Waals surface area contributed by atoms with E-state index in [9.17, 15) is 4.79 Å². The van der Waals surface area contributed by atoms with E-state index >= 15 is 0 Å². The van der Waals surface area contributed by atoms with E-state index < -0.39 is 0 Å². The van der Waals surface area contributed by atoms with Crippen LogP contribution in [0.25, 0.3) is 0 Å². The molecule has 1 atom stereocenters. The predicted octanol–water partition coefficient (Wildman–Crippen LogP) is 3.28. The molecule has 0 aliphatic heterocycles. The van der Waals surface area contributed by atoms with Crippen LogP contribution in [-0.2, 0) is 16.0 Å². The maximum Gasteiger partial charge on any atom is 0.248 e. The number of rotatable bonds is 11. The molecule has 2 aromatic rings. The van der Waals surface area contributed by atoms with Crippen molar-refractivity contribution < 1.29 is 9.53 Å². The molecule has 0 N–H and O–H groups in total. The van der Waals surface area contributed by atoms with Crippen LogP contribution in [0, 0.1) is 11.3 Å². The number of ether oxygens (including phenoxy) is 1. The number of aromatic nitrogens is 1. The fraction of sp³-hybridized carbons (Fsp3) is 0.435. The number of benzene rings is 1. The molecule has 0 radical (unpaired) electrons. The number of anilines is 1. The van der Waals surface area contributed by atoms with Gasteiger partial charge >= 0.3 is 0 Å². The molecule has 154 valence electrons. The third-order valence-electron chi connectivity index (χ3n) is 4.87. The lowest BCUT2D eigenvalue weighted by atomic mass is 10.2. The standard InChI is InChI=1S/C23H30N4O2/c1-4-26(23(28)18-29-14-13-20-9-7-6-8-10-20)17-19(3)27(5-2)22-12-11-21(15-24)16-25-22/h6-12,16,19H,4-5,13-14,17-18H2,1-3H3. The van der Waals surface area contributed by atoms with Crippen molar-refractivity contribution in [3.05, 3.63) is 59.8 Å². The summed E-state index contributed by atoms with van der Waals surface area (Å²) in [5, 5.41) is 8.94. The molecule has 0 bridgehead atoms. The van der Waals surface area contributed by atoms with Crippen molar-refractivity contribution in [1.29, 1.82) is 5.26 Å². The highest BCUT2D eigenvalue weighted by atomic mass is 16.5. The van der Waals surface area contributed by atoms with Gasteiger partial charge in [0.25, 0.3) is 0 Å². The van der Waals surface area contributed by atoms with E-state index in [1.807, 2.05) is 36.1 Å². The van der Waals surface area contributed by atoms with Crippen LogP contribution in [-0.4, -0.2) is 54.7 Å². The molecule has 1 aromatic heterocycles. The van der Waals surface area contributed by atoms with Gasteiger partial charge in [0.05, 0.1) is 12.2 Å². The number of nitriles is 1. The predicted molar refractivity (Wildman–Crippen MR) is 115 cm³/mol. The lowest BCUT2D eigenvalue weighted by molar-refractivity contribution is -0.136. The fourth-order valence-electron chi connectivity index (χ4n) is 3.23. The molecule has 0 saturated heterocycles. The van der Waals surface area contributed by atoms with Crippen molar-refractivity contribution in [2.45, 2.75) is 33.2 Å². The van der Waals surface area contributed by atoms with Gasteiger partial charge in [0, 0.05) is 31.9 Å². The molecule has 1 amide bonds. The van der Waals surface area contributed by atoms with Crippen molar-refractivity contribution >= 4 is 11.7 Å². The molecule has 0 aliphatic rings. The summed E-state index contributed by atoms with van der Waals surface area (Å²) in [7, 11) is 0. The van der Waals surface area contributed by atoms with E-state index in [0.29, 0.717) is 25.3 Å². The van der Waals surface area contributed by atoms with E-state index in [1.54, 1.807) is 12.3 Å². The summed E-state index contributed by atoms with van der Waals surface area (Å²) in [4.78, 5) is 20.9. The van der Waals surface area contributed by atoms with Gasteiger partial charge in [0.1, 0.15) is 18.5 Å². The normalized spacial score (nSPS) is 11.5. The Hall–Kier alpha value is -2.91. The summed E-state index contributed by atoms with van der Waals surface area (Å²) in [6, 6.07) is 15.9. The van der Waals surface area contributed by atoms with Crippen LogP contribution in [0.4, 0.5) is 5.82 Å². The molecular weight excluding hydrogens is 364 g/mol. The third-order valence-corrected chi connectivity index (χ3v) is 4.87. The minimum absolute atomic E-state index is 0.00347. The van der Waals surface area contributed by atoms with Crippen molar-refractivity contribution in [1.82, 2.24) is 9.88 Å². The Balaban J connectivity index is 1.85. The van der Waals surface area contributed by atoms with Gasteiger partial charge in [-0.05, 0) is 44.9 Å². The minimum atomic E-state index is -0.00347. The Bertz CT molecular complexity index is 787. The largest absolute Gasteiger partial charge is 0.371 e. The first-order chi connectivity index (χ1) is 14.1. The van der Waals surface area contributed by atoms with Gasteiger partial charge in [-0.2, -0.15) is 5.26 Å². The molecule has 2 rings (SSSR count). The molecule has 6 nitrogen and oxygen atoms in total. The van der Waals surface area contributed by atoms with Gasteiger partial charge in [-0.1, -0.05) is 30.3 Å². The zero-order chi connectivity index (χ0) is 21.1. The topological polar surface area (TPSA) is 69.5 Å². The van der Waals surface area contributed by atoms with Gasteiger partial charge < -0.3 is 14.5 Å². The van der Waals surface area contributed by atoms with E-state index in [-0.39, 0.29) is 18.6 Å². The van der Waals surface area contributed by atoms with Gasteiger partial charge in [-0.15, -0.1) is 0 Å². The Morgan fingerprint density at radius 3 is 2.52 bits per heavy atom. The summed E-state index contributed by atoms with van der Waals surface area (Å²) in [5.74, 6) is 0.804. The number of pyridine rings is 1. The van der Waals surface area contributed by atoms with E-state index in [4.69, 9.17) is 10.00 Å². The zero-order valence-corrected chi connectivity index (χ0v) is 17.5. The zero-order valence-electron chi connectivity index (χ0n) is 17.5. The van der Waals surface area contributed by atoms with E-state index in [2.05, 4.69) is 41.9 Å². The third kappa shape index (κ3) is 6.88. The highest BCUT2D eigenvalue weighted by Gasteiger charge is 2.20. The highest BCUT2D eigenvalue weighted by Crippen LogP contribution is 2.15. The molecule has 0 fully saturated rings. The lowest BCUT2D eigenvalue weighted by Crippen LogP contribution is -2.46. The van der Waals surface area contributed by atoms with Gasteiger partial charge in [-0.3, -0.25) is 4.79 Å².